The Balaban J connectivity index is 3.46. The van der Waals surface area contributed by atoms with Gasteiger partial charge in [0.05, 0.1) is 32.7 Å². The normalized spacial score (nSPS) is 11.0. The van der Waals surface area contributed by atoms with Crippen LogP contribution in [-0.2, 0) is 18.9 Å². The highest BCUT2D eigenvalue weighted by atomic mass is 16.6. The van der Waals surface area contributed by atoms with Crippen molar-refractivity contribution >= 4 is 6.09 Å². The maximum Gasteiger partial charge on any atom is 0.410 e. The van der Waals surface area contributed by atoms with E-state index in [4.69, 9.17) is 18.9 Å². The predicted octanol–water partition coefficient (Wildman–Crippen LogP) is 2.05. The minimum Gasteiger partial charge on any atom is -0.499 e. The zero-order valence-electron chi connectivity index (χ0n) is 13.0. The first kappa shape index (κ1) is 18.7. The van der Waals surface area contributed by atoms with Gasteiger partial charge in [-0.15, -0.1) is 0 Å². The summed E-state index contributed by atoms with van der Waals surface area (Å²) in [5.41, 5.74) is -0.479. The van der Waals surface area contributed by atoms with Crippen LogP contribution in [0.1, 0.15) is 20.8 Å². The van der Waals surface area contributed by atoms with Crippen LogP contribution in [0.15, 0.2) is 12.8 Å². The largest absolute Gasteiger partial charge is 0.499 e. The Morgan fingerprint density at radius 1 is 1.10 bits per heavy atom. The Bertz CT molecular complexity index is 275. The average molecular weight is 289 g/mol. The van der Waals surface area contributed by atoms with E-state index in [1.54, 1.807) is 7.05 Å². The number of likely N-dealkylation sites (N-methyl/N-ethyl adjacent to an activating group) is 1. The summed E-state index contributed by atoms with van der Waals surface area (Å²) >= 11 is 0. The van der Waals surface area contributed by atoms with E-state index < -0.39 is 5.60 Å². The molecule has 0 aromatic heterocycles. The minimum atomic E-state index is -0.479. The number of carbonyl (C=O) groups excluding carboxylic acids is 1. The third kappa shape index (κ3) is 11.8. The first-order chi connectivity index (χ1) is 9.37. The second kappa shape index (κ2) is 10.5. The summed E-state index contributed by atoms with van der Waals surface area (Å²) in [4.78, 5) is 13.1. The lowest BCUT2D eigenvalue weighted by atomic mass is 10.2. The SMILES string of the molecule is C=COCCOCCOCCN(C)C(=O)OC(C)(C)C. The monoisotopic (exact) mass is 289 g/mol. The van der Waals surface area contributed by atoms with Crippen LogP contribution in [0.2, 0.25) is 0 Å². The smallest absolute Gasteiger partial charge is 0.410 e. The zero-order chi connectivity index (χ0) is 15.4. The van der Waals surface area contributed by atoms with Crippen LogP contribution in [0.3, 0.4) is 0 Å². The van der Waals surface area contributed by atoms with Gasteiger partial charge in [0.15, 0.2) is 0 Å². The van der Waals surface area contributed by atoms with Crippen LogP contribution in [0.5, 0.6) is 0 Å². The zero-order valence-corrected chi connectivity index (χ0v) is 13.0. The van der Waals surface area contributed by atoms with Crippen molar-refractivity contribution in [2.75, 3.05) is 46.6 Å². The van der Waals surface area contributed by atoms with E-state index in [0.717, 1.165) is 0 Å². The maximum atomic E-state index is 11.6. The van der Waals surface area contributed by atoms with Crippen molar-refractivity contribution in [2.45, 2.75) is 26.4 Å². The van der Waals surface area contributed by atoms with Gasteiger partial charge in [-0.25, -0.2) is 4.79 Å². The summed E-state index contributed by atoms with van der Waals surface area (Å²) in [6.45, 7) is 11.8. The van der Waals surface area contributed by atoms with E-state index in [9.17, 15) is 4.79 Å². The number of hydrogen-bond donors (Lipinski definition) is 0. The van der Waals surface area contributed by atoms with Crippen LogP contribution in [-0.4, -0.2) is 63.2 Å². The molecule has 0 spiro atoms. The van der Waals surface area contributed by atoms with Gasteiger partial charge in [0.1, 0.15) is 12.2 Å². The Kier molecular flexibility index (Phi) is 9.84. The van der Waals surface area contributed by atoms with E-state index in [1.807, 2.05) is 20.8 Å². The van der Waals surface area contributed by atoms with E-state index in [2.05, 4.69) is 6.58 Å². The van der Waals surface area contributed by atoms with Gasteiger partial charge in [0.2, 0.25) is 0 Å². The minimum absolute atomic E-state index is 0.348. The molecule has 0 aliphatic carbocycles. The highest BCUT2D eigenvalue weighted by Gasteiger charge is 2.19. The highest BCUT2D eigenvalue weighted by Crippen LogP contribution is 2.08. The molecule has 0 atom stereocenters. The summed E-state index contributed by atoms with van der Waals surface area (Å²) in [6.07, 6.45) is 1.03. The molecule has 0 fully saturated rings. The molecule has 0 saturated heterocycles. The number of hydrogen-bond acceptors (Lipinski definition) is 5. The fraction of sp³-hybridized carbons (Fsp3) is 0.786. The molecule has 6 nitrogen and oxygen atoms in total. The van der Waals surface area contributed by atoms with Crippen molar-refractivity contribution < 1.29 is 23.7 Å². The second-order valence-electron chi connectivity index (χ2n) is 5.16. The summed E-state index contributed by atoms with van der Waals surface area (Å²) < 4.78 is 20.7. The molecule has 20 heavy (non-hydrogen) atoms. The summed E-state index contributed by atoms with van der Waals surface area (Å²) in [7, 11) is 1.68. The molecular formula is C14H27NO5. The lowest BCUT2D eigenvalue weighted by molar-refractivity contribution is 0.0117. The lowest BCUT2D eigenvalue weighted by Gasteiger charge is -2.24. The van der Waals surface area contributed by atoms with E-state index in [0.29, 0.717) is 39.6 Å². The Labute approximate surface area is 121 Å². The van der Waals surface area contributed by atoms with Gasteiger partial charge in [-0.05, 0) is 20.8 Å². The molecule has 1 amide bonds. The second-order valence-corrected chi connectivity index (χ2v) is 5.16. The molecule has 0 aliphatic heterocycles. The first-order valence-corrected chi connectivity index (χ1v) is 6.69. The van der Waals surface area contributed by atoms with Crippen LogP contribution in [0.4, 0.5) is 4.79 Å². The number of rotatable bonds is 10. The molecule has 0 aromatic rings. The van der Waals surface area contributed by atoms with E-state index in [-0.39, 0.29) is 6.09 Å². The molecule has 0 unspecified atom stereocenters. The van der Waals surface area contributed by atoms with Gasteiger partial charge >= 0.3 is 6.09 Å². The first-order valence-electron chi connectivity index (χ1n) is 6.69. The lowest BCUT2D eigenvalue weighted by Crippen LogP contribution is -2.36. The Hall–Kier alpha value is -1.27. The molecule has 0 N–H and O–H groups in total. The third-order valence-electron chi connectivity index (χ3n) is 2.11. The van der Waals surface area contributed by atoms with Crippen molar-refractivity contribution in [3.05, 3.63) is 12.8 Å². The van der Waals surface area contributed by atoms with Gasteiger partial charge in [0, 0.05) is 13.6 Å². The quantitative estimate of drug-likeness (QED) is 0.455. The van der Waals surface area contributed by atoms with Gasteiger partial charge in [-0.3, -0.25) is 0 Å². The molecule has 0 saturated carbocycles. The fourth-order valence-corrected chi connectivity index (χ4v) is 1.14. The number of ether oxygens (including phenoxy) is 4. The van der Waals surface area contributed by atoms with E-state index in [1.165, 1.54) is 11.2 Å². The van der Waals surface area contributed by atoms with Gasteiger partial charge in [-0.2, -0.15) is 0 Å². The molecule has 118 valence electrons. The summed E-state index contributed by atoms with van der Waals surface area (Å²) in [6, 6.07) is 0. The molecule has 6 heteroatoms. The number of nitrogens with zero attached hydrogens (tertiary/aromatic N) is 1. The van der Waals surface area contributed by atoms with Crippen molar-refractivity contribution in [2.24, 2.45) is 0 Å². The van der Waals surface area contributed by atoms with Crippen LogP contribution < -0.4 is 0 Å². The van der Waals surface area contributed by atoms with Gasteiger partial charge in [0.25, 0.3) is 0 Å². The molecule has 0 heterocycles. The summed E-state index contributed by atoms with van der Waals surface area (Å²) in [5.74, 6) is 0. The molecule has 0 aliphatic rings. The van der Waals surface area contributed by atoms with Gasteiger partial charge < -0.3 is 23.8 Å². The molecule has 0 aromatic carbocycles. The molecule has 0 bridgehead atoms. The van der Waals surface area contributed by atoms with Crippen LogP contribution in [0.25, 0.3) is 0 Å². The average Bonchev–Trinajstić information content (AvgIpc) is 2.34. The van der Waals surface area contributed by atoms with Gasteiger partial charge in [-0.1, -0.05) is 6.58 Å². The van der Waals surface area contributed by atoms with Crippen molar-refractivity contribution in [1.82, 2.24) is 4.90 Å². The summed E-state index contributed by atoms with van der Waals surface area (Å²) in [5, 5.41) is 0. The topological polar surface area (TPSA) is 57.2 Å². The van der Waals surface area contributed by atoms with Crippen LogP contribution >= 0.6 is 0 Å². The Morgan fingerprint density at radius 2 is 1.65 bits per heavy atom. The molecule has 0 radical (unpaired) electrons. The molecule has 0 rings (SSSR count). The highest BCUT2D eigenvalue weighted by molar-refractivity contribution is 5.67. The number of carbonyl (C=O) groups is 1. The Morgan fingerprint density at radius 3 is 2.20 bits per heavy atom. The van der Waals surface area contributed by atoms with E-state index >= 15 is 0 Å². The standard InChI is InChI=1S/C14H27NO5/c1-6-17-9-10-19-12-11-18-8-7-15(5)13(16)20-14(2,3)4/h6H,1,7-12H2,2-5H3. The number of amides is 1. The predicted molar refractivity (Wildman–Crippen MR) is 76.7 cm³/mol. The van der Waals surface area contributed by atoms with Crippen LogP contribution in [0, 0.1) is 0 Å². The molecular weight excluding hydrogens is 262 g/mol. The fourth-order valence-electron chi connectivity index (χ4n) is 1.14. The van der Waals surface area contributed by atoms with Crippen molar-refractivity contribution in [3.63, 3.8) is 0 Å². The van der Waals surface area contributed by atoms with Crippen molar-refractivity contribution in [3.8, 4) is 0 Å². The van der Waals surface area contributed by atoms with Crippen molar-refractivity contribution in [1.29, 1.82) is 0 Å². The maximum absolute atomic E-state index is 11.6. The third-order valence-corrected chi connectivity index (χ3v) is 2.11.